The Kier molecular flexibility index (Phi) is 5.34. The second kappa shape index (κ2) is 7.56. The van der Waals surface area contributed by atoms with Crippen molar-refractivity contribution in [1.29, 1.82) is 0 Å². The van der Waals surface area contributed by atoms with Gasteiger partial charge in [-0.05, 0) is 37.6 Å². The van der Waals surface area contributed by atoms with E-state index >= 15 is 0 Å². The van der Waals surface area contributed by atoms with Gasteiger partial charge in [-0.2, -0.15) is 4.58 Å². The van der Waals surface area contributed by atoms with E-state index in [0.29, 0.717) is 5.69 Å². The first-order valence-corrected chi connectivity index (χ1v) is 9.23. The SMILES string of the molecule is CN(C)c1ccc(/C=C/C2=[N+](CC[O-])c3c([N+](=O)[O-])cccc3C2(C)C)cc1. The van der Waals surface area contributed by atoms with Crippen LogP contribution in [0.15, 0.2) is 48.5 Å². The van der Waals surface area contributed by atoms with Crippen LogP contribution in [-0.4, -0.2) is 42.5 Å². The van der Waals surface area contributed by atoms with Crippen LogP contribution in [0.5, 0.6) is 0 Å². The minimum atomic E-state index is -0.434. The summed E-state index contributed by atoms with van der Waals surface area (Å²) < 4.78 is 1.81. The van der Waals surface area contributed by atoms with Gasteiger partial charge in [0.2, 0.25) is 0 Å². The molecule has 1 heterocycles. The Hall–Kier alpha value is -2.99. The Labute approximate surface area is 165 Å². The maximum Gasteiger partial charge on any atom is 0.340 e. The molecule has 0 saturated carbocycles. The largest absolute Gasteiger partial charge is 0.850 e. The molecule has 1 aliphatic heterocycles. The number of benzene rings is 2. The third-order valence-corrected chi connectivity index (χ3v) is 5.24. The van der Waals surface area contributed by atoms with Gasteiger partial charge in [0.1, 0.15) is 6.54 Å². The predicted molar refractivity (Wildman–Crippen MR) is 111 cm³/mol. The standard InChI is InChI=1S/C22H25N3O3/c1-22(2)18-6-5-7-19(25(27)28)21(18)24(14-15-26)20(22)13-10-16-8-11-17(12-9-16)23(3)4/h5-13H,14-15H2,1-4H3. The molecule has 0 N–H and O–H groups in total. The lowest BCUT2D eigenvalue weighted by Gasteiger charge is -2.15. The van der Waals surface area contributed by atoms with Crippen LogP contribution in [0.4, 0.5) is 17.1 Å². The number of anilines is 1. The highest BCUT2D eigenvalue weighted by Gasteiger charge is 2.47. The zero-order valence-corrected chi connectivity index (χ0v) is 16.7. The van der Waals surface area contributed by atoms with Gasteiger partial charge in [-0.15, -0.1) is 0 Å². The molecule has 2 aromatic rings. The molecule has 0 saturated heterocycles. The zero-order chi connectivity index (χ0) is 20.5. The van der Waals surface area contributed by atoms with E-state index in [0.717, 1.165) is 22.5 Å². The van der Waals surface area contributed by atoms with Crippen molar-refractivity contribution < 1.29 is 14.6 Å². The van der Waals surface area contributed by atoms with Crippen molar-refractivity contribution in [3.05, 3.63) is 69.8 Å². The van der Waals surface area contributed by atoms with Gasteiger partial charge in [-0.25, -0.2) is 0 Å². The lowest BCUT2D eigenvalue weighted by molar-refractivity contribution is -0.497. The van der Waals surface area contributed by atoms with Gasteiger partial charge in [-0.1, -0.05) is 30.9 Å². The maximum absolute atomic E-state index is 11.6. The molecule has 0 fully saturated rings. The first-order chi connectivity index (χ1) is 13.3. The van der Waals surface area contributed by atoms with Gasteiger partial charge in [0.15, 0.2) is 5.71 Å². The van der Waals surface area contributed by atoms with E-state index in [1.807, 2.05) is 79.9 Å². The number of allylic oxidation sites excluding steroid dienone is 1. The van der Waals surface area contributed by atoms with E-state index in [1.165, 1.54) is 6.07 Å². The fraction of sp³-hybridized carbons (Fsp3) is 0.318. The summed E-state index contributed by atoms with van der Waals surface area (Å²) in [4.78, 5) is 13.2. The molecule has 1 aliphatic rings. The van der Waals surface area contributed by atoms with Crippen molar-refractivity contribution in [3.63, 3.8) is 0 Å². The van der Waals surface area contributed by atoms with Crippen LogP contribution in [0.25, 0.3) is 6.08 Å². The van der Waals surface area contributed by atoms with Gasteiger partial charge >= 0.3 is 5.69 Å². The summed E-state index contributed by atoms with van der Waals surface area (Å²) in [7, 11) is 3.99. The highest BCUT2D eigenvalue weighted by atomic mass is 16.6. The summed E-state index contributed by atoms with van der Waals surface area (Å²) in [5.74, 6) is 0. The second-order valence-electron chi connectivity index (χ2n) is 7.62. The monoisotopic (exact) mass is 379 g/mol. The molecule has 0 aliphatic carbocycles. The van der Waals surface area contributed by atoms with Crippen molar-refractivity contribution in [2.24, 2.45) is 0 Å². The second-order valence-corrected chi connectivity index (χ2v) is 7.62. The highest BCUT2D eigenvalue weighted by Crippen LogP contribution is 2.44. The minimum Gasteiger partial charge on any atom is -0.850 e. The van der Waals surface area contributed by atoms with Crippen molar-refractivity contribution in [3.8, 4) is 0 Å². The molecule has 0 spiro atoms. The lowest BCUT2D eigenvalue weighted by atomic mass is 9.81. The number of nitro groups is 1. The van der Waals surface area contributed by atoms with Crippen molar-refractivity contribution >= 4 is 28.8 Å². The van der Waals surface area contributed by atoms with Crippen LogP contribution < -0.4 is 10.0 Å². The molecule has 3 rings (SSSR count). The molecular weight excluding hydrogens is 354 g/mol. The van der Waals surface area contributed by atoms with Crippen LogP contribution in [0.3, 0.4) is 0 Å². The van der Waals surface area contributed by atoms with Crippen LogP contribution in [0.1, 0.15) is 25.0 Å². The van der Waals surface area contributed by atoms with E-state index in [1.54, 1.807) is 6.07 Å². The Morgan fingerprint density at radius 2 is 1.79 bits per heavy atom. The summed E-state index contributed by atoms with van der Waals surface area (Å²) in [6, 6.07) is 13.3. The zero-order valence-electron chi connectivity index (χ0n) is 16.7. The van der Waals surface area contributed by atoms with Crippen LogP contribution in [-0.2, 0) is 5.41 Å². The molecule has 28 heavy (non-hydrogen) atoms. The fourth-order valence-electron chi connectivity index (χ4n) is 3.74. The summed E-state index contributed by atoms with van der Waals surface area (Å²) >= 11 is 0. The number of para-hydroxylation sites is 1. The van der Waals surface area contributed by atoms with Crippen molar-refractivity contribution in [1.82, 2.24) is 0 Å². The molecule has 0 bridgehead atoms. The number of hydrogen-bond donors (Lipinski definition) is 0. The molecule has 6 nitrogen and oxygen atoms in total. The summed E-state index contributed by atoms with van der Waals surface area (Å²) in [6.45, 7) is 3.93. The van der Waals surface area contributed by atoms with Crippen LogP contribution in [0.2, 0.25) is 0 Å². The van der Waals surface area contributed by atoms with Gasteiger partial charge in [-0.3, -0.25) is 10.1 Å². The number of hydrogen-bond acceptors (Lipinski definition) is 4. The van der Waals surface area contributed by atoms with E-state index < -0.39 is 5.41 Å². The predicted octanol–water partition coefficient (Wildman–Crippen LogP) is 3.11. The summed E-state index contributed by atoms with van der Waals surface area (Å²) in [5.41, 5.74) is 4.05. The van der Waals surface area contributed by atoms with Gasteiger partial charge < -0.3 is 10.0 Å². The molecule has 0 aromatic heterocycles. The van der Waals surface area contributed by atoms with E-state index in [9.17, 15) is 15.2 Å². The van der Waals surface area contributed by atoms with Crippen molar-refractivity contribution in [2.45, 2.75) is 19.3 Å². The van der Waals surface area contributed by atoms with Crippen LogP contribution >= 0.6 is 0 Å². The maximum atomic E-state index is 11.6. The molecular formula is C22H25N3O3. The molecule has 0 radical (unpaired) electrons. The summed E-state index contributed by atoms with van der Waals surface area (Å²) in [5, 5.41) is 23.0. The number of nitrogens with zero attached hydrogens (tertiary/aromatic N) is 3. The Balaban J connectivity index is 2.08. The Bertz CT molecular complexity index is 957. The molecule has 0 atom stereocenters. The summed E-state index contributed by atoms with van der Waals surface area (Å²) in [6.07, 6.45) is 3.97. The van der Waals surface area contributed by atoms with Crippen molar-refractivity contribution in [2.75, 3.05) is 32.1 Å². The fourth-order valence-corrected chi connectivity index (χ4v) is 3.74. The number of nitro benzene ring substituents is 1. The number of fused-ring (bicyclic) bond motifs is 1. The smallest absolute Gasteiger partial charge is 0.340 e. The minimum absolute atomic E-state index is 0.0396. The first kappa shape index (κ1) is 19.8. The van der Waals surface area contributed by atoms with E-state index in [-0.39, 0.29) is 23.8 Å². The van der Waals surface area contributed by atoms with E-state index in [2.05, 4.69) is 0 Å². The first-order valence-electron chi connectivity index (χ1n) is 9.23. The third kappa shape index (κ3) is 3.43. The topological polar surface area (TPSA) is 72.5 Å². The molecule has 146 valence electrons. The Morgan fingerprint density at radius 3 is 2.36 bits per heavy atom. The molecule has 2 aromatic carbocycles. The highest BCUT2D eigenvalue weighted by molar-refractivity contribution is 6.06. The van der Waals surface area contributed by atoms with E-state index in [4.69, 9.17) is 0 Å². The van der Waals surface area contributed by atoms with Gasteiger partial charge in [0, 0.05) is 37.5 Å². The molecule has 0 amide bonds. The average Bonchev–Trinajstić information content (AvgIpc) is 2.87. The van der Waals surface area contributed by atoms with Gasteiger partial charge in [0.25, 0.3) is 5.69 Å². The van der Waals surface area contributed by atoms with Gasteiger partial charge in [0.05, 0.1) is 10.3 Å². The third-order valence-electron chi connectivity index (χ3n) is 5.24. The molecule has 0 unspecified atom stereocenters. The number of rotatable bonds is 6. The quantitative estimate of drug-likeness (QED) is 0.439. The lowest BCUT2D eigenvalue weighted by Crippen LogP contribution is -2.29. The normalized spacial score (nSPS) is 15.2. The molecule has 6 heteroatoms. The van der Waals surface area contributed by atoms with Crippen LogP contribution in [0, 0.1) is 10.1 Å². The Morgan fingerprint density at radius 1 is 1.11 bits per heavy atom. The average molecular weight is 379 g/mol.